The Morgan fingerprint density at radius 1 is 0.714 bits per heavy atom. The summed E-state index contributed by atoms with van der Waals surface area (Å²) in [4.78, 5) is 0. The van der Waals surface area contributed by atoms with Gasteiger partial charge in [-0.3, -0.25) is 0 Å². The zero-order valence-electron chi connectivity index (χ0n) is 9.54. The van der Waals surface area contributed by atoms with Gasteiger partial charge in [-0.2, -0.15) is 0 Å². The lowest BCUT2D eigenvalue weighted by atomic mass is 9.99. The van der Waals surface area contributed by atoms with Crippen molar-refractivity contribution in [2.75, 3.05) is 13.2 Å². The van der Waals surface area contributed by atoms with Gasteiger partial charge in [0.15, 0.2) is 0 Å². The smallest absolute Gasteiger partial charge is 0.0433 e. The van der Waals surface area contributed by atoms with Crippen molar-refractivity contribution >= 4 is 0 Å². The Morgan fingerprint density at radius 2 is 1.29 bits per heavy atom. The maximum absolute atomic E-state index is 8.71. The van der Waals surface area contributed by atoms with E-state index in [0.717, 1.165) is 12.8 Å². The summed E-state index contributed by atoms with van der Waals surface area (Å²) in [5, 5.41) is 17.3. The minimum Gasteiger partial charge on any atom is -0.396 e. The fourth-order valence-corrected chi connectivity index (χ4v) is 1.68. The second-order valence-corrected chi connectivity index (χ2v) is 4.25. The van der Waals surface area contributed by atoms with Crippen LogP contribution in [0.25, 0.3) is 0 Å². The van der Waals surface area contributed by atoms with Crippen molar-refractivity contribution in [1.82, 2.24) is 0 Å². The van der Waals surface area contributed by atoms with Gasteiger partial charge in [0, 0.05) is 13.2 Å². The van der Waals surface area contributed by atoms with Crippen LogP contribution in [0.4, 0.5) is 0 Å². The molecule has 0 bridgehead atoms. The van der Waals surface area contributed by atoms with Crippen LogP contribution < -0.4 is 0 Å². The van der Waals surface area contributed by atoms with Gasteiger partial charge in [-0.15, -0.1) is 0 Å². The molecule has 2 heteroatoms. The molecule has 0 radical (unpaired) electrons. The van der Waals surface area contributed by atoms with Crippen molar-refractivity contribution in [3.05, 3.63) is 0 Å². The summed E-state index contributed by atoms with van der Waals surface area (Å²) in [5.41, 5.74) is 0. The fraction of sp³-hybridized carbons (Fsp3) is 1.00. The average molecular weight is 202 g/mol. The van der Waals surface area contributed by atoms with Gasteiger partial charge in [-0.1, -0.05) is 45.4 Å². The lowest BCUT2D eigenvalue weighted by Crippen LogP contribution is -1.97. The highest BCUT2D eigenvalue weighted by Crippen LogP contribution is 2.13. The van der Waals surface area contributed by atoms with Gasteiger partial charge in [0.1, 0.15) is 0 Å². The van der Waals surface area contributed by atoms with Gasteiger partial charge in [0.25, 0.3) is 0 Å². The molecule has 0 saturated heterocycles. The molecule has 0 aromatic heterocycles. The van der Waals surface area contributed by atoms with Crippen molar-refractivity contribution in [3.8, 4) is 0 Å². The van der Waals surface area contributed by atoms with Crippen molar-refractivity contribution in [1.29, 1.82) is 0 Å². The van der Waals surface area contributed by atoms with E-state index in [4.69, 9.17) is 10.2 Å². The summed E-state index contributed by atoms with van der Waals surface area (Å²) in [7, 11) is 0. The number of aliphatic hydroxyl groups is 2. The minimum absolute atomic E-state index is 0.331. The number of hydrogen-bond donors (Lipinski definition) is 2. The first-order chi connectivity index (χ1) is 6.81. The third kappa shape index (κ3) is 10.0. The molecule has 0 aromatic rings. The Hall–Kier alpha value is -0.0800. The highest BCUT2D eigenvalue weighted by atomic mass is 16.3. The molecule has 0 aromatic carbocycles. The molecule has 2 N–H and O–H groups in total. The Labute approximate surface area is 88.3 Å². The van der Waals surface area contributed by atoms with Crippen LogP contribution in [-0.2, 0) is 0 Å². The first-order valence-electron chi connectivity index (χ1n) is 6.03. The maximum Gasteiger partial charge on any atom is 0.0433 e. The summed E-state index contributed by atoms with van der Waals surface area (Å²) >= 11 is 0. The molecule has 0 amide bonds. The largest absolute Gasteiger partial charge is 0.396 e. The van der Waals surface area contributed by atoms with Crippen LogP contribution in [0.5, 0.6) is 0 Å². The Morgan fingerprint density at radius 3 is 1.86 bits per heavy atom. The quantitative estimate of drug-likeness (QED) is 0.535. The normalized spacial score (nSPS) is 13.1. The van der Waals surface area contributed by atoms with Crippen molar-refractivity contribution in [2.45, 2.75) is 58.3 Å². The first kappa shape index (κ1) is 13.9. The summed E-state index contributed by atoms with van der Waals surface area (Å²) < 4.78 is 0. The fourth-order valence-electron chi connectivity index (χ4n) is 1.68. The van der Waals surface area contributed by atoms with Gasteiger partial charge in [0.05, 0.1) is 0 Å². The number of aliphatic hydroxyl groups excluding tert-OH is 2. The van der Waals surface area contributed by atoms with Gasteiger partial charge in [-0.25, -0.2) is 0 Å². The molecule has 0 heterocycles. The second kappa shape index (κ2) is 11.0. The molecule has 0 aliphatic rings. The van der Waals surface area contributed by atoms with Crippen LogP contribution in [0.2, 0.25) is 0 Å². The molecule has 2 nitrogen and oxygen atoms in total. The predicted octanol–water partition coefficient (Wildman–Crippen LogP) is 2.73. The van der Waals surface area contributed by atoms with E-state index in [-0.39, 0.29) is 0 Å². The molecule has 0 saturated carbocycles. The van der Waals surface area contributed by atoms with Gasteiger partial charge >= 0.3 is 0 Å². The van der Waals surface area contributed by atoms with E-state index in [1.54, 1.807) is 0 Å². The molecule has 0 fully saturated rings. The molecule has 0 spiro atoms. The Bertz CT molecular complexity index is 104. The highest BCUT2D eigenvalue weighted by Gasteiger charge is 2.00. The minimum atomic E-state index is 0.331. The van der Waals surface area contributed by atoms with Crippen molar-refractivity contribution in [2.24, 2.45) is 5.92 Å². The number of unbranched alkanes of at least 4 members (excludes halogenated alkanes) is 5. The van der Waals surface area contributed by atoms with Gasteiger partial charge < -0.3 is 10.2 Å². The Kier molecular flexibility index (Phi) is 10.9. The van der Waals surface area contributed by atoms with E-state index in [2.05, 4.69) is 6.92 Å². The lowest BCUT2D eigenvalue weighted by molar-refractivity contribution is 0.256. The standard InChI is InChI=1S/C12H26O2/c1-12(9-11-14)8-6-4-2-3-5-7-10-13/h12-14H,2-11H2,1H3. The second-order valence-electron chi connectivity index (χ2n) is 4.25. The first-order valence-corrected chi connectivity index (χ1v) is 6.03. The van der Waals surface area contributed by atoms with Crippen molar-refractivity contribution < 1.29 is 10.2 Å². The van der Waals surface area contributed by atoms with E-state index in [9.17, 15) is 0 Å². The average Bonchev–Trinajstić information content (AvgIpc) is 2.17. The molecule has 1 unspecified atom stereocenters. The maximum atomic E-state index is 8.71. The molecule has 14 heavy (non-hydrogen) atoms. The van der Waals surface area contributed by atoms with Crippen LogP contribution in [0.15, 0.2) is 0 Å². The van der Waals surface area contributed by atoms with Gasteiger partial charge in [-0.05, 0) is 18.8 Å². The molecular formula is C12H26O2. The Balaban J connectivity index is 2.98. The number of hydrogen-bond acceptors (Lipinski definition) is 2. The third-order valence-electron chi connectivity index (χ3n) is 2.73. The molecular weight excluding hydrogens is 176 g/mol. The monoisotopic (exact) mass is 202 g/mol. The molecule has 0 rings (SSSR count). The summed E-state index contributed by atoms with van der Waals surface area (Å²) in [5.74, 6) is 0.678. The predicted molar refractivity (Wildman–Crippen MR) is 60.3 cm³/mol. The molecule has 0 aliphatic heterocycles. The van der Waals surface area contributed by atoms with E-state index in [0.29, 0.717) is 19.1 Å². The molecule has 86 valence electrons. The van der Waals surface area contributed by atoms with Crippen LogP contribution >= 0.6 is 0 Å². The van der Waals surface area contributed by atoms with E-state index in [1.807, 2.05) is 0 Å². The topological polar surface area (TPSA) is 40.5 Å². The van der Waals surface area contributed by atoms with Crippen LogP contribution in [0, 0.1) is 5.92 Å². The zero-order valence-corrected chi connectivity index (χ0v) is 9.54. The van der Waals surface area contributed by atoms with E-state index >= 15 is 0 Å². The van der Waals surface area contributed by atoms with Crippen molar-refractivity contribution in [3.63, 3.8) is 0 Å². The summed E-state index contributed by atoms with van der Waals surface area (Å²) in [6, 6.07) is 0. The van der Waals surface area contributed by atoms with E-state index < -0.39 is 0 Å². The number of rotatable bonds is 10. The SMILES string of the molecule is CC(CCO)CCCCCCCCO. The third-order valence-corrected chi connectivity index (χ3v) is 2.73. The van der Waals surface area contributed by atoms with Crippen LogP contribution in [0.1, 0.15) is 58.3 Å². The van der Waals surface area contributed by atoms with E-state index in [1.165, 1.54) is 38.5 Å². The van der Waals surface area contributed by atoms with Gasteiger partial charge in [0.2, 0.25) is 0 Å². The van der Waals surface area contributed by atoms with Crippen LogP contribution in [-0.4, -0.2) is 23.4 Å². The summed E-state index contributed by atoms with van der Waals surface area (Å²) in [6.07, 6.45) is 9.48. The van der Waals surface area contributed by atoms with Crippen LogP contribution in [0.3, 0.4) is 0 Å². The lowest BCUT2D eigenvalue weighted by Gasteiger charge is -2.08. The zero-order chi connectivity index (χ0) is 10.6. The molecule has 1 atom stereocenters. The summed E-state index contributed by atoms with van der Waals surface area (Å²) in [6.45, 7) is 2.88. The molecule has 0 aliphatic carbocycles. The highest BCUT2D eigenvalue weighted by molar-refractivity contribution is 4.53.